The molecule has 1 atom stereocenters. The summed E-state index contributed by atoms with van der Waals surface area (Å²) in [6.07, 6.45) is 1.47. The molecule has 0 bridgehead atoms. The maximum Gasteiger partial charge on any atom is 0.132 e. The second-order valence-corrected chi connectivity index (χ2v) is 5.04. The smallest absolute Gasteiger partial charge is 0.132 e. The number of aliphatic hydroxyl groups is 1. The lowest BCUT2D eigenvalue weighted by Gasteiger charge is -2.37. The molecule has 1 aromatic rings. The monoisotopic (exact) mass is 233 g/mol. The summed E-state index contributed by atoms with van der Waals surface area (Å²) in [4.78, 5) is 11.4. The zero-order valence-electron chi connectivity index (χ0n) is 10.4. The van der Waals surface area contributed by atoms with Crippen molar-refractivity contribution in [2.24, 2.45) is 0 Å². The second-order valence-electron chi connectivity index (χ2n) is 5.04. The second kappa shape index (κ2) is 4.59. The van der Waals surface area contributed by atoms with Crippen molar-refractivity contribution in [3.63, 3.8) is 0 Å². The number of hydrogen-bond acceptors (Lipinski definition) is 3. The Morgan fingerprint density at radius 3 is 2.94 bits per heavy atom. The summed E-state index contributed by atoms with van der Waals surface area (Å²) in [6.45, 7) is 4.66. The number of rotatable bonds is 3. The number of ketones is 1. The molecule has 1 unspecified atom stereocenters. The van der Waals surface area contributed by atoms with E-state index >= 15 is 0 Å². The fourth-order valence-electron chi connectivity index (χ4n) is 2.71. The zero-order valence-corrected chi connectivity index (χ0v) is 10.4. The average molecular weight is 233 g/mol. The third-order valence-corrected chi connectivity index (χ3v) is 3.46. The molecule has 1 aliphatic rings. The summed E-state index contributed by atoms with van der Waals surface area (Å²) in [5, 5.41) is 12.6. The number of carbonyl (C=O) groups excluding carboxylic acids is 1. The highest BCUT2D eigenvalue weighted by Crippen LogP contribution is 2.32. The summed E-state index contributed by atoms with van der Waals surface area (Å²) in [6, 6.07) is 6.02. The molecule has 0 amide bonds. The number of nitrogens with one attached hydrogen (secondary N) is 1. The predicted octanol–water partition coefficient (Wildman–Crippen LogP) is 1.52. The highest BCUT2D eigenvalue weighted by Gasteiger charge is 2.32. The lowest BCUT2D eigenvalue weighted by Crippen LogP contribution is -2.46. The van der Waals surface area contributed by atoms with Crippen LogP contribution in [-0.4, -0.2) is 17.4 Å². The van der Waals surface area contributed by atoms with Gasteiger partial charge in [0.05, 0.1) is 6.61 Å². The fraction of sp³-hybridized carbons (Fsp3) is 0.500. The Hall–Kier alpha value is -1.19. The standard InChI is InChI=1S/C14H19NO2/c1-10(17)8-14(2)13-4-3-11(9-16)7-12(13)5-6-15-14/h3-4,7,15-16H,5-6,8-9H2,1-2H3. The molecular weight excluding hydrogens is 214 g/mol. The maximum absolute atomic E-state index is 11.4. The highest BCUT2D eigenvalue weighted by atomic mass is 16.3. The molecule has 2 rings (SSSR count). The van der Waals surface area contributed by atoms with E-state index in [4.69, 9.17) is 5.11 Å². The molecule has 0 fully saturated rings. The minimum Gasteiger partial charge on any atom is -0.392 e. The SMILES string of the molecule is CC(=O)CC1(C)NCCc2cc(CO)ccc21. The van der Waals surface area contributed by atoms with Crippen molar-refractivity contribution in [3.8, 4) is 0 Å². The van der Waals surface area contributed by atoms with Gasteiger partial charge in [-0.2, -0.15) is 0 Å². The molecule has 0 saturated heterocycles. The maximum atomic E-state index is 11.4. The van der Waals surface area contributed by atoms with Crippen LogP contribution >= 0.6 is 0 Å². The van der Waals surface area contributed by atoms with Crippen LogP contribution < -0.4 is 5.32 Å². The van der Waals surface area contributed by atoms with E-state index in [0.717, 1.165) is 18.5 Å². The minimum absolute atomic E-state index is 0.0735. The number of hydrogen-bond donors (Lipinski definition) is 2. The van der Waals surface area contributed by atoms with Gasteiger partial charge in [-0.05, 0) is 37.0 Å². The van der Waals surface area contributed by atoms with Gasteiger partial charge in [0.2, 0.25) is 0 Å². The van der Waals surface area contributed by atoms with Gasteiger partial charge in [0.15, 0.2) is 0 Å². The average Bonchev–Trinajstić information content (AvgIpc) is 2.27. The van der Waals surface area contributed by atoms with Gasteiger partial charge in [0.25, 0.3) is 0 Å². The first-order valence-corrected chi connectivity index (χ1v) is 6.03. The van der Waals surface area contributed by atoms with Crippen LogP contribution in [-0.2, 0) is 23.4 Å². The van der Waals surface area contributed by atoms with E-state index in [1.165, 1.54) is 11.1 Å². The number of Topliss-reactive ketones (excluding diaryl/α,β-unsaturated/α-hetero) is 1. The molecule has 17 heavy (non-hydrogen) atoms. The van der Waals surface area contributed by atoms with Crippen LogP contribution in [0.15, 0.2) is 18.2 Å². The minimum atomic E-state index is -0.257. The van der Waals surface area contributed by atoms with Crippen molar-refractivity contribution in [1.82, 2.24) is 5.32 Å². The Morgan fingerprint density at radius 1 is 1.53 bits per heavy atom. The molecule has 1 aliphatic heterocycles. The molecule has 1 heterocycles. The van der Waals surface area contributed by atoms with Crippen LogP contribution in [0.25, 0.3) is 0 Å². The van der Waals surface area contributed by atoms with Crippen molar-refractivity contribution in [3.05, 3.63) is 34.9 Å². The van der Waals surface area contributed by atoms with Crippen LogP contribution in [0.5, 0.6) is 0 Å². The van der Waals surface area contributed by atoms with Crippen LogP contribution in [0.4, 0.5) is 0 Å². The Morgan fingerprint density at radius 2 is 2.29 bits per heavy atom. The van der Waals surface area contributed by atoms with Gasteiger partial charge in [-0.3, -0.25) is 4.79 Å². The van der Waals surface area contributed by atoms with Gasteiger partial charge in [-0.1, -0.05) is 18.2 Å². The van der Waals surface area contributed by atoms with Gasteiger partial charge < -0.3 is 10.4 Å². The normalized spacial score (nSPS) is 23.2. The highest BCUT2D eigenvalue weighted by molar-refractivity contribution is 5.77. The third-order valence-electron chi connectivity index (χ3n) is 3.46. The van der Waals surface area contributed by atoms with E-state index in [9.17, 15) is 4.79 Å². The largest absolute Gasteiger partial charge is 0.392 e. The molecule has 3 heteroatoms. The molecule has 0 spiro atoms. The van der Waals surface area contributed by atoms with E-state index < -0.39 is 0 Å². The first kappa shape index (κ1) is 12.3. The van der Waals surface area contributed by atoms with Gasteiger partial charge in [0.1, 0.15) is 5.78 Å². The van der Waals surface area contributed by atoms with Gasteiger partial charge in [-0.15, -0.1) is 0 Å². The van der Waals surface area contributed by atoms with E-state index in [2.05, 4.69) is 18.3 Å². The lowest BCUT2D eigenvalue weighted by atomic mass is 9.80. The zero-order chi connectivity index (χ0) is 12.5. The van der Waals surface area contributed by atoms with Crippen molar-refractivity contribution in [2.45, 2.75) is 38.8 Å². The van der Waals surface area contributed by atoms with Crippen molar-refractivity contribution >= 4 is 5.78 Å². The summed E-state index contributed by atoms with van der Waals surface area (Å²) in [5.41, 5.74) is 3.12. The Bertz CT molecular complexity index is 442. The third kappa shape index (κ3) is 2.40. The fourth-order valence-corrected chi connectivity index (χ4v) is 2.71. The van der Waals surface area contributed by atoms with Gasteiger partial charge in [0, 0.05) is 18.5 Å². The molecule has 3 nitrogen and oxygen atoms in total. The summed E-state index contributed by atoms with van der Waals surface area (Å²) in [5.74, 6) is 0.194. The van der Waals surface area contributed by atoms with Crippen molar-refractivity contribution < 1.29 is 9.90 Å². The van der Waals surface area contributed by atoms with Crippen LogP contribution in [0, 0.1) is 0 Å². The van der Waals surface area contributed by atoms with E-state index in [1.54, 1.807) is 6.92 Å². The topological polar surface area (TPSA) is 49.3 Å². The summed E-state index contributed by atoms with van der Waals surface area (Å²) in [7, 11) is 0. The van der Waals surface area contributed by atoms with Crippen LogP contribution in [0.1, 0.15) is 37.0 Å². The summed E-state index contributed by atoms with van der Waals surface area (Å²) >= 11 is 0. The lowest BCUT2D eigenvalue weighted by molar-refractivity contribution is -0.118. The molecule has 2 N–H and O–H groups in total. The number of benzene rings is 1. The number of fused-ring (bicyclic) bond motifs is 1. The number of carbonyl (C=O) groups is 1. The molecule has 0 aromatic heterocycles. The van der Waals surface area contributed by atoms with Crippen LogP contribution in [0.3, 0.4) is 0 Å². The van der Waals surface area contributed by atoms with Crippen LogP contribution in [0.2, 0.25) is 0 Å². The first-order chi connectivity index (χ1) is 8.05. The predicted molar refractivity (Wildman–Crippen MR) is 66.7 cm³/mol. The Labute approximate surface area is 102 Å². The van der Waals surface area contributed by atoms with Crippen molar-refractivity contribution in [2.75, 3.05) is 6.54 Å². The Kier molecular flexibility index (Phi) is 3.31. The van der Waals surface area contributed by atoms with E-state index in [1.807, 2.05) is 12.1 Å². The molecule has 0 radical (unpaired) electrons. The van der Waals surface area contributed by atoms with E-state index in [-0.39, 0.29) is 17.9 Å². The molecule has 0 saturated carbocycles. The Balaban J connectivity index is 2.40. The van der Waals surface area contributed by atoms with Crippen molar-refractivity contribution in [1.29, 1.82) is 0 Å². The number of aliphatic hydroxyl groups excluding tert-OH is 1. The summed E-state index contributed by atoms with van der Waals surface area (Å²) < 4.78 is 0. The van der Waals surface area contributed by atoms with Gasteiger partial charge in [-0.25, -0.2) is 0 Å². The first-order valence-electron chi connectivity index (χ1n) is 6.03. The van der Waals surface area contributed by atoms with E-state index in [0.29, 0.717) is 6.42 Å². The molecule has 92 valence electrons. The molecule has 0 aliphatic carbocycles. The quantitative estimate of drug-likeness (QED) is 0.832. The molecular formula is C14H19NO2. The van der Waals surface area contributed by atoms with Gasteiger partial charge >= 0.3 is 0 Å². The molecule has 1 aromatic carbocycles.